The van der Waals surface area contributed by atoms with E-state index in [2.05, 4.69) is 50.4 Å². The maximum atomic E-state index is 3.81. The lowest BCUT2D eigenvalue weighted by Gasteiger charge is -2.38. The van der Waals surface area contributed by atoms with Crippen LogP contribution >= 0.6 is 0 Å². The number of benzene rings is 1. The predicted octanol–water partition coefficient (Wildman–Crippen LogP) is 4.52. The molecule has 1 N–H and O–H groups in total. The van der Waals surface area contributed by atoms with E-state index in [9.17, 15) is 0 Å². The Morgan fingerprint density at radius 1 is 1.16 bits per heavy atom. The Morgan fingerprint density at radius 2 is 1.89 bits per heavy atom. The lowest BCUT2D eigenvalue weighted by atomic mass is 9.71. The van der Waals surface area contributed by atoms with Gasteiger partial charge in [-0.3, -0.25) is 0 Å². The molecule has 106 valence electrons. The molecule has 19 heavy (non-hydrogen) atoms. The molecule has 0 bridgehead atoms. The normalized spacial score (nSPS) is 19.1. The Balaban J connectivity index is 2.02. The maximum absolute atomic E-state index is 3.81. The molecule has 0 saturated carbocycles. The van der Waals surface area contributed by atoms with Gasteiger partial charge in [0, 0.05) is 12.0 Å². The Hall–Kier alpha value is -0.820. The summed E-state index contributed by atoms with van der Waals surface area (Å²) in [7, 11) is 0. The van der Waals surface area contributed by atoms with Gasteiger partial charge in [0.1, 0.15) is 0 Å². The van der Waals surface area contributed by atoms with Gasteiger partial charge in [0.2, 0.25) is 0 Å². The van der Waals surface area contributed by atoms with Crippen molar-refractivity contribution < 1.29 is 0 Å². The minimum absolute atomic E-state index is 0.680. The van der Waals surface area contributed by atoms with Gasteiger partial charge in [-0.15, -0.1) is 0 Å². The van der Waals surface area contributed by atoms with Crippen molar-refractivity contribution in [2.75, 3.05) is 6.54 Å². The zero-order valence-electron chi connectivity index (χ0n) is 12.8. The lowest BCUT2D eigenvalue weighted by Crippen LogP contribution is -2.41. The molecule has 1 nitrogen and oxygen atoms in total. The SMILES string of the molecule is CCCNC(CC(CC)CC)C1Cc2ccccc21. The van der Waals surface area contributed by atoms with Crippen molar-refractivity contribution in [2.24, 2.45) is 5.92 Å². The van der Waals surface area contributed by atoms with Crippen molar-refractivity contribution in [1.29, 1.82) is 0 Å². The van der Waals surface area contributed by atoms with E-state index in [4.69, 9.17) is 0 Å². The number of hydrogen-bond acceptors (Lipinski definition) is 1. The molecule has 0 fully saturated rings. The third kappa shape index (κ3) is 3.39. The van der Waals surface area contributed by atoms with Gasteiger partial charge in [-0.1, -0.05) is 57.9 Å². The Labute approximate surface area is 118 Å². The van der Waals surface area contributed by atoms with Gasteiger partial charge in [0.05, 0.1) is 0 Å². The van der Waals surface area contributed by atoms with E-state index in [1.807, 2.05) is 0 Å². The highest BCUT2D eigenvalue weighted by Gasteiger charge is 2.33. The minimum atomic E-state index is 0.680. The van der Waals surface area contributed by atoms with Crippen molar-refractivity contribution in [3.8, 4) is 0 Å². The van der Waals surface area contributed by atoms with E-state index in [0.29, 0.717) is 6.04 Å². The molecule has 1 heteroatoms. The van der Waals surface area contributed by atoms with Gasteiger partial charge in [-0.2, -0.15) is 0 Å². The summed E-state index contributed by atoms with van der Waals surface area (Å²) >= 11 is 0. The Kier molecular flexibility index (Phi) is 5.45. The maximum Gasteiger partial charge on any atom is 0.0142 e. The van der Waals surface area contributed by atoms with Crippen LogP contribution < -0.4 is 5.32 Å². The summed E-state index contributed by atoms with van der Waals surface area (Å²) in [5.74, 6) is 1.63. The average Bonchev–Trinajstić information content (AvgIpc) is 2.42. The summed E-state index contributed by atoms with van der Waals surface area (Å²) in [5.41, 5.74) is 3.17. The van der Waals surface area contributed by atoms with Crippen LogP contribution in [-0.4, -0.2) is 12.6 Å². The number of rotatable bonds is 8. The summed E-state index contributed by atoms with van der Waals surface area (Å²) in [5, 5.41) is 3.81. The summed E-state index contributed by atoms with van der Waals surface area (Å²) in [6, 6.07) is 9.67. The first-order chi connectivity index (χ1) is 9.30. The summed E-state index contributed by atoms with van der Waals surface area (Å²) in [6.07, 6.45) is 6.47. The van der Waals surface area contributed by atoms with Gasteiger partial charge >= 0.3 is 0 Å². The molecule has 0 heterocycles. The van der Waals surface area contributed by atoms with Crippen LogP contribution in [-0.2, 0) is 6.42 Å². The Morgan fingerprint density at radius 3 is 2.53 bits per heavy atom. The summed E-state index contributed by atoms with van der Waals surface area (Å²) in [6.45, 7) is 8.08. The third-order valence-corrected chi connectivity index (χ3v) is 4.78. The zero-order valence-corrected chi connectivity index (χ0v) is 12.8. The largest absolute Gasteiger partial charge is 0.313 e. The van der Waals surface area contributed by atoms with E-state index in [0.717, 1.165) is 18.4 Å². The molecule has 2 unspecified atom stereocenters. The summed E-state index contributed by atoms with van der Waals surface area (Å²) in [4.78, 5) is 0. The smallest absolute Gasteiger partial charge is 0.0142 e. The molecule has 1 aliphatic rings. The Bertz CT molecular complexity index is 381. The zero-order chi connectivity index (χ0) is 13.7. The van der Waals surface area contributed by atoms with Crippen molar-refractivity contribution in [3.05, 3.63) is 35.4 Å². The molecular weight excluding hydrogens is 230 g/mol. The first-order valence-electron chi connectivity index (χ1n) is 8.11. The molecule has 0 amide bonds. The van der Waals surface area contributed by atoms with Gasteiger partial charge in [-0.25, -0.2) is 0 Å². The molecule has 2 atom stereocenters. The van der Waals surface area contributed by atoms with Crippen LogP contribution in [0.4, 0.5) is 0 Å². The second-order valence-corrected chi connectivity index (χ2v) is 5.99. The summed E-state index contributed by atoms with van der Waals surface area (Å²) < 4.78 is 0. The third-order valence-electron chi connectivity index (χ3n) is 4.78. The van der Waals surface area contributed by atoms with Gasteiger partial charge in [0.15, 0.2) is 0 Å². The quantitative estimate of drug-likeness (QED) is 0.723. The molecule has 0 aromatic heterocycles. The van der Waals surface area contributed by atoms with E-state index in [1.54, 1.807) is 11.1 Å². The monoisotopic (exact) mass is 259 g/mol. The molecule has 0 radical (unpaired) electrons. The molecule has 0 saturated heterocycles. The standard InChI is InChI=1S/C18H29N/c1-4-11-19-18(12-14(5-2)6-3)17-13-15-9-7-8-10-16(15)17/h7-10,14,17-19H,4-6,11-13H2,1-3H3. The topological polar surface area (TPSA) is 12.0 Å². The molecular formula is C18H29N. The number of fused-ring (bicyclic) bond motifs is 1. The highest BCUT2D eigenvalue weighted by Crippen LogP contribution is 2.39. The second-order valence-electron chi connectivity index (χ2n) is 5.99. The van der Waals surface area contributed by atoms with E-state index in [1.165, 1.54) is 32.1 Å². The minimum Gasteiger partial charge on any atom is -0.313 e. The molecule has 1 aliphatic carbocycles. The van der Waals surface area contributed by atoms with E-state index >= 15 is 0 Å². The van der Waals surface area contributed by atoms with Gasteiger partial charge in [-0.05, 0) is 42.9 Å². The molecule has 1 aromatic rings. The van der Waals surface area contributed by atoms with Crippen molar-refractivity contribution in [1.82, 2.24) is 5.32 Å². The first-order valence-corrected chi connectivity index (χ1v) is 8.11. The van der Waals surface area contributed by atoms with Gasteiger partial charge < -0.3 is 5.32 Å². The van der Waals surface area contributed by atoms with Crippen LogP contribution in [0.2, 0.25) is 0 Å². The fraction of sp³-hybridized carbons (Fsp3) is 0.667. The average molecular weight is 259 g/mol. The van der Waals surface area contributed by atoms with Crippen LogP contribution in [0.25, 0.3) is 0 Å². The van der Waals surface area contributed by atoms with Crippen LogP contribution in [0.15, 0.2) is 24.3 Å². The highest BCUT2D eigenvalue weighted by molar-refractivity contribution is 5.41. The van der Waals surface area contributed by atoms with E-state index < -0.39 is 0 Å². The molecule has 0 spiro atoms. The van der Waals surface area contributed by atoms with Gasteiger partial charge in [0.25, 0.3) is 0 Å². The second kappa shape index (κ2) is 7.09. The van der Waals surface area contributed by atoms with Crippen LogP contribution in [0, 0.1) is 5.92 Å². The molecule has 1 aromatic carbocycles. The number of nitrogens with one attached hydrogen (secondary N) is 1. The van der Waals surface area contributed by atoms with Crippen molar-refractivity contribution in [2.45, 2.75) is 64.8 Å². The van der Waals surface area contributed by atoms with Crippen LogP contribution in [0.3, 0.4) is 0 Å². The molecule has 2 rings (SSSR count). The predicted molar refractivity (Wildman–Crippen MR) is 83.7 cm³/mol. The highest BCUT2D eigenvalue weighted by atomic mass is 14.9. The lowest BCUT2D eigenvalue weighted by molar-refractivity contribution is 0.311. The van der Waals surface area contributed by atoms with Crippen molar-refractivity contribution >= 4 is 0 Å². The number of hydrogen-bond donors (Lipinski definition) is 1. The molecule has 0 aliphatic heterocycles. The van der Waals surface area contributed by atoms with E-state index in [-0.39, 0.29) is 0 Å². The first kappa shape index (κ1) is 14.6. The fourth-order valence-corrected chi connectivity index (χ4v) is 3.36. The van der Waals surface area contributed by atoms with Crippen LogP contribution in [0.1, 0.15) is 63.5 Å². The van der Waals surface area contributed by atoms with Crippen molar-refractivity contribution in [3.63, 3.8) is 0 Å². The fourth-order valence-electron chi connectivity index (χ4n) is 3.36. The van der Waals surface area contributed by atoms with Crippen LogP contribution in [0.5, 0.6) is 0 Å².